The number of ether oxygens (including phenoxy) is 1. The Morgan fingerprint density at radius 2 is 2.14 bits per heavy atom. The molecule has 78 valence electrons. The van der Waals surface area contributed by atoms with Crippen LogP contribution >= 0.6 is 7.92 Å². The maximum absolute atomic E-state index is 10.9. The van der Waals surface area contributed by atoms with E-state index in [-0.39, 0.29) is 13.9 Å². The summed E-state index contributed by atoms with van der Waals surface area (Å²) in [6.45, 7) is 5.53. The van der Waals surface area contributed by atoms with Crippen molar-refractivity contribution in [3.05, 3.63) is 12.2 Å². The van der Waals surface area contributed by atoms with E-state index in [1.165, 1.54) is 0 Å². The number of hydrogen-bond donors (Lipinski definition) is 0. The average molecular weight is 214 g/mol. The molecule has 0 aliphatic rings. The molecule has 0 aliphatic heterocycles. The van der Waals surface area contributed by atoms with Gasteiger partial charge in [-0.1, -0.05) is 0 Å². The fourth-order valence-corrected chi connectivity index (χ4v) is 1.07. The summed E-state index contributed by atoms with van der Waals surface area (Å²) in [5.74, 6) is -0.332. The number of esters is 1. The first-order valence-electron chi connectivity index (χ1n) is 4.56. The molecule has 0 aromatic heterocycles. The summed E-state index contributed by atoms with van der Waals surface area (Å²) in [7, 11) is -0.0286. The van der Waals surface area contributed by atoms with Crippen molar-refractivity contribution in [1.82, 2.24) is 0 Å². The molecule has 14 heavy (non-hydrogen) atoms. The summed E-state index contributed by atoms with van der Waals surface area (Å²) in [5.41, 5.74) is 3.09. The minimum atomic E-state index is -0.332. The average Bonchev–Trinajstić information content (AvgIpc) is 2.16. The Balaban J connectivity index is 3.28. The third kappa shape index (κ3) is 7.85. The predicted octanol–water partition coefficient (Wildman–Crippen LogP) is 2.92. The maximum atomic E-state index is 10.9. The summed E-state index contributed by atoms with van der Waals surface area (Å²) in [4.78, 5) is 10.9. The first-order chi connectivity index (χ1) is 6.68. The number of carbonyl (C=O) groups is 1. The van der Waals surface area contributed by atoms with E-state index >= 15 is 0 Å². The Bertz CT molecular complexity index is 289. The Hall–Kier alpha value is -0.780. The topological polar surface area (TPSA) is 43.4 Å². The van der Waals surface area contributed by atoms with E-state index in [9.17, 15) is 9.36 Å². The minimum absolute atomic E-state index is 0.0286. The van der Waals surface area contributed by atoms with Crippen molar-refractivity contribution in [2.75, 3.05) is 6.61 Å². The second kappa shape index (κ2) is 8.80. The normalized spacial score (nSPS) is 8.93. The molecule has 0 aromatic carbocycles. The Morgan fingerprint density at radius 1 is 1.43 bits per heavy atom. The summed E-state index contributed by atoms with van der Waals surface area (Å²) in [6.07, 6.45) is 3.43. The number of hydrogen-bond acceptors (Lipinski definition) is 3. The van der Waals surface area contributed by atoms with Crippen molar-refractivity contribution in [1.29, 1.82) is 0 Å². The molecule has 0 aliphatic carbocycles. The van der Waals surface area contributed by atoms with Crippen molar-refractivity contribution in [3.8, 4) is 5.63 Å². The van der Waals surface area contributed by atoms with Crippen LogP contribution in [0.2, 0.25) is 0 Å². The van der Waals surface area contributed by atoms with Crippen molar-refractivity contribution in [2.24, 2.45) is 0 Å². The van der Waals surface area contributed by atoms with Crippen molar-refractivity contribution in [2.45, 2.75) is 32.6 Å². The monoisotopic (exact) mass is 214 g/mol. The SMILES string of the molecule is C=C(C)C(=O)OCCCCCC#P=O. The third-order valence-corrected chi connectivity index (χ3v) is 1.93. The van der Waals surface area contributed by atoms with Crippen molar-refractivity contribution < 1.29 is 14.1 Å². The van der Waals surface area contributed by atoms with Gasteiger partial charge in [0.25, 0.3) is 0 Å². The zero-order chi connectivity index (χ0) is 10.8. The van der Waals surface area contributed by atoms with Gasteiger partial charge >= 0.3 is 85.0 Å². The molecule has 0 saturated carbocycles. The quantitative estimate of drug-likeness (QED) is 0.295. The fourth-order valence-electron chi connectivity index (χ4n) is 0.817. The Labute approximate surface area is 85.6 Å². The summed E-state index contributed by atoms with van der Waals surface area (Å²) in [6, 6.07) is 0. The van der Waals surface area contributed by atoms with Crippen LogP contribution in [0.15, 0.2) is 12.2 Å². The molecule has 0 N–H and O–H groups in total. The van der Waals surface area contributed by atoms with Crippen molar-refractivity contribution in [3.63, 3.8) is 0 Å². The molecule has 0 spiro atoms. The first kappa shape index (κ1) is 13.2. The van der Waals surface area contributed by atoms with Crippen LogP contribution in [0.4, 0.5) is 0 Å². The van der Waals surface area contributed by atoms with Crippen LogP contribution < -0.4 is 0 Å². The number of rotatable bonds is 6. The van der Waals surface area contributed by atoms with E-state index in [0.717, 1.165) is 25.7 Å². The first-order valence-corrected chi connectivity index (χ1v) is 5.37. The second-order valence-electron chi connectivity index (χ2n) is 2.98. The third-order valence-electron chi connectivity index (χ3n) is 1.58. The molecular weight excluding hydrogens is 199 g/mol. The zero-order valence-electron chi connectivity index (χ0n) is 8.41. The molecule has 0 fully saturated rings. The van der Waals surface area contributed by atoms with Crippen LogP contribution in [-0.4, -0.2) is 12.6 Å². The molecule has 4 heteroatoms. The fraction of sp³-hybridized carbons (Fsp3) is 0.600. The molecule has 0 aromatic rings. The second-order valence-corrected chi connectivity index (χ2v) is 3.48. The molecule has 0 bridgehead atoms. The molecule has 0 heterocycles. The van der Waals surface area contributed by atoms with E-state index in [2.05, 4.69) is 12.2 Å². The van der Waals surface area contributed by atoms with Gasteiger partial charge < -0.3 is 0 Å². The van der Waals surface area contributed by atoms with Gasteiger partial charge in [0, 0.05) is 0 Å². The molecule has 0 unspecified atom stereocenters. The summed E-state index contributed by atoms with van der Waals surface area (Å²) < 4.78 is 14.9. The molecule has 0 saturated heterocycles. The molecule has 3 nitrogen and oxygen atoms in total. The molecule has 0 atom stereocenters. The van der Waals surface area contributed by atoms with Gasteiger partial charge in [-0.3, -0.25) is 0 Å². The van der Waals surface area contributed by atoms with Gasteiger partial charge in [-0.25, -0.2) is 0 Å². The van der Waals surface area contributed by atoms with Gasteiger partial charge in [-0.05, 0) is 0 Å². The van der Waals surface area contributed by atoms with Gasteiger partial charge in [-0.15, -0.1) is 0 Å². The van der Waals surface area contributed by atoms with Crippen LogP contribution in [-0.2, 0) is 14.1 Å². The van der Waals surface area contributed by atoms with Gasteiger partial charge in [0.05, 0.1) is 0 Å². The molecule has 0 radical (unpaired) electrons. The molecule has 0 amide bonds. The Kier molecular flexibility index (Phi) is 8.31. The summed E-state index contributed by atoms with van der Waals surface area (Å²) in [5, 5.41) is 0. The van der Waals surface area contributed by atoms with Crippen LogP contribution in [0.1, 0.15) is 32.6 Å². The summed E-state index contributed by atoms with van der Waals surface area (Å²) >= 11 is 0. The number of unbranched alkanes of at least 4 members (excludes halogenated alkanes) is 3. The van der Waals surface area contributed by atoms with Gasteiger partial charge in [-0.2, -0.15) is 0 Å². The zero-order valence-corrected chi connectivity index (χ0v) is 9.31. The van der Waals surface area contributed by atoms with Gasteiger partial charge in [0.15, 0.2) is 0 Å². The Morgan fingerprint density at radius 3 is 2.71 bits per heavy atom. The van der Waals surface area contributed by atoms with E-state index in [1.54, 1.807) is 6.92 Å². The standard InChI is InChI=1S/C10H15O3P/c1-9(2)10(11)13-7-5-3-4-6-8-14-12/h1,3-7H2,2H3. The van der Waals surface area contributed by atoms with Crippen LogP contribution in [0, 0.1) is 5.63 Å². The van der Waals surface area contributed by atoms with Crippen LogP contribution in [0.5, 0.6) is 0 Å². The predicted molar refractivity (Wildman–Crippen MR) is 55.7 cm³/mol. The van der Waals surface area contributed by atoms with E-state index < -0.39 is 0 Å². The molecular formula is C10H15O3P. The van der Waals surface area contributed by atoms with Gasteiger partial charge in [0.2, 0.25) is 0 Å². The van der Waals surface area contributed by atoms with E-state index in [1.807, 2.05) is 0 Å². The van der Waals surface area contributed by atoms with Crippen LogP contribution in [0.25, 0.3) is 0 Å². The van der Waals surface area contributed by atoms with Gasteiger partial charge in [0.1, 0.15) is 0 Å². The van der Waals surface area contributed by atoms with Crippen LogP contribution in [0.3, 0.4) is 0 Å². The molecule has 0 rings (SSSR count). The number of carbonyl (C=O) groups excluding carboxylic acids is 1. The van der Waals surface area contributed by atoms with E-state index in [4.69, 9.17) is 4.74 Å². The van der Waals surface area contributed by atoms with Crippen molar-refractivity contribution >= 4 is 13.9 Å². The van der Waals surface area contributed by atoms with E-state index in [0.29, 0.717) is 12.2 Å².